The molecule has 0 radical (unpaired) electrons. The SMILES string of the molecule is COc1ccc(CN2CC(CC(=O)O)C2)cc1OC(F)F. The number of carboxylic acid groups (broad SMARTS) is 1. The van der Waals surface area contributed by atoms with Gasteiger partial charge in [-0.25, -0.2) is 0 Å². The molecule has 0 atom stereocenters. The lowest BCUT2D eigenvalue weighted by molar-refractivity contribution is -0.139. The lowest BCUT2D eigenvalue weighted by Gasteiger charge is -2.38. The van der Waals surface area contributed by atoms with E-state index >= 15 is 0 Å². The highest BCUT2D eigenvalue weighted by atomic mass is 19.3. The van der Waals surface area contributed by atoms with Crippen LogP contribution in [0.1, 0.15) is 12.0 Å². The smallest absolute Gasteiger partial charge is 0.387 e. The zero-order valence-electron chi connectivity index (χ0n) is 11.6. The van der Waals surface area contributed by atoms with Gasteiger partial charge in [-0.3, -0.25) is 9.69 Å². The van der Waals surface area contributed by atoms with Crippen molar-refractivity contribution in [3.63, 3.8) is 0 Å². The number of hydrogen-bond acceptors (Lipinski definition) is 4. The van der Waals surface area contributed by atoms with Gasteiger partial charge in [-0.2, -0.15) is 8.78 Å². The zero-order valence-corrected chi connectivity index (χ0v) is 11.6. The Morgan fingerprint density at radius 2 is 2.14 bits per heavy atom. The minimum absolute atomic E-state index is 0.00705. The molecule has 5 nitrogen and oxygen atoms in total. The van der Waals surface area contributed by atoms with Crippen molar-refractivity contribution in [2.45, 2.75) is 19.6 Å². The van der Waals surface area contributed by atoms with Crippen LogP contribution >= 0.6 is 0 Å². The predicted molar refractivity (Wildman–Crippen MR) is 70.6 cm³/mol. The zero-order chi connectivity index (χ0) is 15.4. The van der Waals surface area contributed by atoms with E-state index in [2.05, 4.69) is 9.64 Å². The summed E-state index contributed by atoms with van der Waals surface area (Å²) in [5.41, 5.74) is 0.820. The molecular weight excluding hydrogens is 284 g/mol. The van der Waals surface area contributed by atoms with Crippen molar-refractivity contribution in [3.05, 3.63) is 23.8 Å². The summed E-state index contributed by atoms with van der Waals surface area (Å²) in [6.45, 7) is -0.940. The summed E-state index contributed by atoms with van der Waals surface area (Å²) in [5, 5.41) is 8.68. The van der Waals surface area contributed by atoms with Gasteiger partial charge in [0.1, 0.15) is 0 Å². The van der Waals surface area contributed by atoms with Crippen LogP contribution in [0.25, 0.3) is 0 Å². The van der Waals surface area contributed by atoms with E-state index in [1.165, 1.54) is 13.2 Å². The van der Waals surface area contributed by atoms with Gasteiger partial charge in [-0.15, -0.1) is 0 Å². The van der Waals surface area contributed by atoms with E-state index < -0.39 is 12.6 Å². The summed E-state index contributed by atoms with van der Waals surface area (Å²) in [4.78, 5) is 12.6. The van der Waals surface area contributed by atoms with Crippen LogP contribution in [0.2, 0.25) is 0 Å². The number of ether oxygens (including phenoxy) is 2. The lowest BCUT2D eigenvalue weighted by Crippen LogP contribution is -2.46. The lowest BCUT2D eigenvalue weighted by atomic mass is 9.96. The molecule has 1 saturated heterocycles. The highest BCUT2D eigenvalue weighted by Gasteiger charge is 2.28. The van der Waals surface area contributed by atoms with Crippen molar-refractivity contribution in [1.82, 2.24) is 4.90 Å². The molecule has 1 fully saturated rings. The Kier molecular flexibility index (Phi) is 4.95. The maximum atomic E-state index is 12.3. The third-order valence-corrected chi connectivity index (χ3v) is 3.35. The molecule has 0 saturated carbocycles. The fraction of sp³-hybridized carbons (Fsp3) is 0.500. The van der Waals surface area contributed by atoms with Crippen LogP contribution < -0.4 is 9.47 Å². The summed E-state index contributed by atoms with van der Waals surface area (Å²) in [5.74, 6) is -0.367. The average Bonchev–Trinajstić information content (AvgIpc) is 2.35. The van der Waals surface area contributed by atoms with Gasteiger partial charge in [0.15, 0.2) is 11.5 Å². The number of alkyl halides is 2. The van der Waals surface area contributed by atoms with Gasteiger partial charge < -0.3 is 14.6 Å². The van der Waals surface area contributed by atoms with E-state index in [1.54, 1.807) is 12.1 Å². The average molecular weight is 301 g/mol. The Morgan fingerprint density at radius 1 is 1.43 bits per heavy atom. The van der Waals surface area contributed by atoms with Crippen molar-refractivity contribution < 1.29 is 28.2 Å². The Hall–Kier alpha value is -1.89. The molecule has 116 valence electrons. The molecule has 1 aromatic carbocycles. The first kappa shape index (κ1) is 15.5. The van der Waals surface area contributed by atoms with Crippen molar-refractivity contribution in [2.24, 2.45) is 5.92 Å². The van der Waals surface area contributed by atoms with Crippen molar-refractivity contribution in [1.29, 1.82) is 0 Å². The number of carbonyl (C=O) groups is 1. The molecular formula is C14H17F2NO4. The van der Waals surface area contributed by atoms with Crippen LogP contribution in [0.3, 0.4) is 0 Å². The van der Waals surface area contributed by atoms with Crippen LogP contribution in [0.15, 0.2) is 18.2 Å². The van der Waals surface area contributed by atoms with E-state index in [9.17, 15) is 13.6 Å². The second-order valence-corrected chi connectivity index (χ2v) is 5.02. The third kappa shape index (κ3) is 4.29. The normalized spacial score (nSPS) is 15.8. The number of aliphatic carboxylic acids is 1. The van der Waals surface area contributed by atoms with Gasteiger partial charge in [0.25, 0.3) is 0 Å². The Balaban J connectivity index is 1.94. The van der Waals surface area contributed by atoms with Crippen LogP contribution in [-0.2, 0) is 11.3 Å². The number of halogens is 2. The fourth-order valence-electron chi connectivity index (χ4n) is 2.45. The summed E-state index contributed by atoms with van der Waals surface area (Å²) in [6, 6.07) is 4.89. The van der Waals surface area contributed by atoms with Crippen molar-refractivity contribution in [2.75, 3.05) is 20.2 Å². The monoisotopic (exact) mass is 301 g/mol. The fourth-order valence-corrected chi connectivity index (χ4v) is 2.45. The Bertz CT molecular complexity index is 504. The second-order valence-electron chi connectivity index (χ2n) is 5.02. The van der Waals surface area contributed by atoms with Crippen LogP contribution in [0, 0.1) is 5.92 Å². The minimum atomic E-state index is -2.90. The number of carboxylic acids is 1. The van der Waals surface area contributed by atoms with E-state index in [4.69, 9.17) is 9.84 Å². The number of hydrogen-bond donors (Lipinski definition) is 1. The van der Waals surface area contributed by atoms with Gasteiger partial charge in [0, 0.05) is 19.6 Å². The predicted octanol–water partition coefficient (Wildman–Crippen LogP) is 2.20. The van der Waals surface area contributed by atoms with Crippen LogP contribution in [0.4, 0.5) is 8.78 Å². The molecule has 1 N–H and O–H groups in total. The molecule has 1 aliphatic rings. The van der Waals surface area contributed by atoms with E-state index in [0.717, 1.165) is 5.56 Å². The Morgan fingerprint density at radius 3 is 2.71 bits per heavy atom. The number of rotatable bonds is 7. The first-order valence-corrected chi connectivity index (χ1v) is 6.53. The van der Waals surface area contributed by atoms with E-state index in [0.29, 0.717) is 19.6 Å². The maximum Gasteiger partial charge on any atom is 0.387 e. The molecule has 2 rings (SSSR count). The molecule has 0 amide bonds. The molecule has 0 spiro atoms. The highest BCUT2D eigenvalue weighted by molar-refractivity contribution is 5.67. The molecule has 0 aliphatic carbocycles. The van der Waals surface area contributed by atoms with E-state index in [-0.39, 0.29) is 23.8 Å². The van der Waals surface area contributed by atoms with Crippen LogP contribution in [-0.4, -0.2) is 42.8 Å². The van der Waals surface area contributed by atoms with Gasteiger partial charge >= 0.3 is 12.6 Å². The molecule has 1 heterocycles. The first-order valence-electron chi connectivity index (χ1n) is 6.53. The van der Waals surface area contributed by atoms with Gasteiger partial charge in [-0.05, 0) is 23.6 Å². The molecule has 1 aromatic rings. The van der Waals surface area contributed by atoms with Gasteiger partial charge in [0.2, 0.25) is 0 Å². The Labute approximate surface area is 121 Å². The van der Waals surface area contributed by atoms with Gasteiger partial charge in [0.05, 0.1) is 13.5 Å². The number of likely N-dealkylation sites (tertiary alicyclic amines) is 1. The molecule has 0 unspecified atom stereocenters. The number of nitrogens with zero attached hydrogens (tertiary/aromatic N) is 1. The molecule has 0 aromatic heterocycles. The topological polar surface area (TPSA) is 59.0 Å². The standard InChI is InChI=1S/C14H17F2NO4/c1-20-11-3-2-9(4-12(11)21-14(15)16)6-17-7-10(8-17)5-13(18)19/h2-4,10,14H,5-8H2,1H3,(H,18,19). The van der Waals surface area contributed by atoms with Crippen molar-refractivity contribution in [3.8, 4) is 11.5 Å². The third-order valence-electron chi connectivity index (χ3n) is 3.35. The van der Waals surface area contributed by atoms with E-state index in [1.807, 2.05) is 0 Å². The largest absolute Gasteiger partial charge is 0.493 e. The second kappa shape index (κ2) is 6.71. The quantitative estimate of drug-likeness (QED) is 0.836. The summed E-state index contributed by atoms with van der Waals surface area (Å²) in [7, 11) is 1.39. The van der Waals surface area contributed by atoms with Gasteiger partial charge in [-0.1, -0.05) is 6.07 Å². The summed E-state index contributed by atoms with van der Waals surface area (Å²) >= 11 is 0. The molecule has 0 bridgehead atoms. The highest BCUT2D eigenvalue weighted by Crippen LogP contribution is 2.31. The number of benzene rings is 1. The first-order chi connectivity index (χ1) is 9.97. The summed E-state index contributed by atoms with van der Waals surface area (Å²) in [6.07, 6.45) is 0.166. The van der Waals surface area contributed by atoms with Crippen molar-refractivity contribution >= 4 is 5.97 Å². The summed E-state index contributed by atoms with van der Waals surface area (Å²) < 4.78 is 34.1. The minimum Gasteiger partial charge on any atom is -0.493 e. The van der Waals surface area contributed by atoms with Crippen LogP contribution in [0.5, 0.6) is 11.5 Å². The molecule has 7 heteroatoms. The molecule has 21 heavy (non-hydrogen) atoms. The number of methoxy groups -OCH3 is 1. The maximum absolute atomic E-state index is 12.3. The molecule has 1 aliphatic heterocycles.